The van der Waals surface area contributed by atoms with Gasteiger partial charge in [0, 0.05) is 34.6 Å². The van der Waals surface area contributed by atoms with E-state index in [9.17, 15) is 0 Å². The van der Waals surface area contributed by atoms with E-state index in [4.69, 9.17) is 28.9 Å². The van der Waals surface area contributed by atoms with Crippen LogP contribution in [0.3, 0.4) is 0 Å². The quantitative estimate of drug-likeness (QED) is 0.409. The molecular formula is C23H19ClN4S. The van der Waals surface area contributed by atoms with Crippen LogP contribution in [0.5, 0.6) is 0 Å². The third kappa shape index (κ3) is 4.83. The maximum absolute atomic E-state index is 5.93. The number of aromatic nitrogens is 2. The van der Waals surface area contributed by atoms with Crippen molar-refractivity contribution < 1.29 is 0 Å². The summed E-state index contributed by atoms with van der Waals surface area (Å²) in [6.45, 7) is 0.552. The summed E-state index contributed by atoms with van der Waals surface area (Å²) in [5.41, 5.74) is 4.94. The van der Waals surface area contributed by atoms with Crippen molar-refractivity contribution in [2.24, 2.45) is 0 Å². The first kappa shape index (κ1) is 19.2. The summed E-state index contributed by atoms with van der Waals surface area (Å²) in [6.07, 6.45) is 2.04. The predicted octanol–water partition coefficient (Wildman–Crippen LogP) is 5.68. The Hall–Kier alpha value is -3.15. The van der Waals surface area contributed by atoms with Gasteiger partial charge in [0.15, 0.2) is 5.11 Å². The van der Waals surface area contributed by atoms with Gasteiger partial charge in [-0.25, -0.2) is 4.68 Å². The first-order chi connectivity index (χ1) is 14.2. The van der Waals surface area contributed by atoms with Gasteiger partial charge < -0.3 is 10.6 Å². The maximum atomic E-state index is 5.93. The molecule has 0 unspecified atom stereocenters. The number of nitrogens with zero attached hydrogens (tertiary/aromatic N) is 2. The van der Waals surface area contributed by atoms with Crippen molar-refractivity contribution in [3.63, 3.8) is 0 Å². The Labute approximate surface area is 180 Å². The minimum absolute atomic E-state index is 0.541. The lowest BCUT2D eigenvalue weighted by atomic mass is 10.1. The minimum atomic E-state index is 0.541. The average molecular weight is 419 g/mol. The topological polar surface area (TPSA) is 41.9 Å². The molecule has 6 heteroatoms. The first-order valence-electron chi connectivity index (χ1n) is 9.19. The van der Waals surface area contributed by atoms with Crippen molar-refractivity contribution in [1.29, 1.82) is 0 Å². The molecule has 0 saturated heterocycles. The molecule has 144 valence electrons. The lowest BCUT2D eigenvalue weighted by Gasteiger charge is -2.10. The fourth-order valence-electron chi connectivity index (χ4n) is 2.98. The van der Waals surface area contributed by atoms with E-state index in [0.29, 0.717) is 16.7 Å². The van der Waals surface area contributed by atoms with Gasteiger partial charge in [-0.1, -0.05) is 60.1 Å². The summed E-state index contributed by atoms with van der Waals surface area (Å²) >= 11 is 11.4. The van der Waals surface area contributed by atoms with Crippen LogP contribution in [-0.2, 0) is 6.54 Å². The second-order valence-corrected chi connectivity index (χ2v) is 7.31. The van der Waals surface area contributed by atoms with Crippen LogP contribution in [0.25, 0.3) is 16.9 Å². The molecular weight excluding hydrogens is 400 g/mol. The van der Waals surface area contributed by atoms with E-state index in [1.807, 2.05) is 83.7 Å². The van der Waals surface area contributed by atoms with Crippen LogP contribution in [0.15, 0.2) is 91.1 Å². The number of hydrogen-bond acceptors (Lipinski definition) is 2. The molecule has 1 aromatic heterocycles. The molecule has 0 atom stereocenters. The molecule has 0 aliphatic carbocycles. The fraction of sp³-hybridized carbons (Fsp3) is 0.0435. The molecule has 0 saturated carbocycles. The normalized spacial score (nSPS) is 10.5. The first-order valence-corrected chi connectivity index (χ1v) is 9.97. The van der Waals surface area contributed by atoms with Gasteiger partial charge >= 0.3 is 0 Å². The third-order valence-electron chi connectivity index (χ3n) is 4.40. The van der Waals surface area contributed by atoms with E-state index in [2.05, 4.69) is 22.8 Å². The summed E-state index contributed by atoms with van der Waals surface area (Å²) in [6, 6.07) is 27.6. The number of para-hydroxylation sites is 1. The summed E-state index contributed by atoms with van der Waals surface area (Å²) in [5.74, 6) is 0. The largest absolute Gasteiger partial charge is 0.358 e. The van der Waals surface area contributed by atoms with Crippen molar-refractivity contribution in [1.82, 2.24) is 15.1 Å². The molecule has 2 N–H and O–H groups in total. The summed E-state index contributed by atoms with van der Waals surface area (Å²) in [7, 11) is 0. The van der Waals surface area contributed by atoms with Crippen molar-refractivity contribution in [3.05, 3.63) is 102 Å². The van der Waals surface area contributed by atoms with Gasteiger partial charge in [-0.05, 0) is 48.6 Å². The lowest BCUT2D eigenvalue weighted by molar-refractivity contribution is 0.879. The van der Waals surface area contributed by atoms with Gasteiger partial charge in [-0.3, -0.25) is 0 Å². The van der Waals surface area contributed by atoms with E-state index >= 15 is 0 Å². The standard InChI is InChI=1S/C23H19ClN4S/c24-19-11-13-20(14-12-19)26-23(29)25-15-18-16-28(21-9-5-2-6-10-21)27-22(18)17-7-3-1-4-8-17/h1-14,16H,15H2,(H2,25,26,29). The molecule has 4 aromatic rings. The average Bonchev–Trinajstić information content (AvgIpc) is 3.20. The van der Waals surface area contributed by atoms with Crippen molar-refractivity contribution in [3.8, 4) is 16.9 Å². The monoisotopic (exact) mass is 418 g/mol. The Morgan fingerprint density at radius 1 is 0.897 bits per heavy atom. The summed E-state index contributed by atoms with van der Waals surface area (Å²) in [4.78, 5) is 0. The molecule has 0 spiro atoms. The van der Waals surface area contributed by atoms with E-state index in [1.54, 1.807) is 0 Å². The number of rotatable bonds is 5. The number of benzene rings is 3. The molecule has 0 aliphatic rings. The van der Waals surface area contributed by atoms with Crippen LogP contribution >= 0.6 is 23.8 Å². The van der Waals surface area contributed by atoms with E-state index < -0.39 is 0 Å². The summed E-state index contributed by atoms with van der Waals surface area (Å²) in [5, 5.41) is 12.5. The number of halogens is 1. The molecule has 0 fully saturated rings. The molecule has 0 aliphatic heterocycles. The van der Waals surface area contributed by atoms with Crippen molar-refractivity contribution in [2.75, 3.05) is 5.32 Å². The number of nitrogens with one attached hydrogen (secondary N) is 2. The molecule has 29 heavy (non-hydrogen) atoms. The molecule has 4 nitrogen and oxygen atoms in total. The van der Waals surface area contributed by atoms with Gasteiger partial charge in [0.05, 0.1) is 11.4 Å². The Kier molecular flexibility index (Phi) is 5.89. The SMILES string of the molecule is S=C(NCc1cn(-c2ccccc2)nc1-c1ccccc1)Nc1ccc(Cl)cc1. The molecule has 1 heterocycles. The number of hydrogen-bond donors (Lipinski definition) is 2. The third-order valence-corrected chi connectivity index (χ3v) is 4.90. The van der Waals surface area contributed by atoms with Crippen LogP contribution < -0.4 is 10.6 Å². The van der Waals surface area contributed by atoms with E-state index in [0.717, 1.165) is 28.2 Å². The second-order valence-electron chi connectivity index (χ2n) is 6.46. The highest BCUT2D eigenvalue weighted by atomic mass is 35.5. The Bertz CT molecular complexity index is 1090. The van der Waals surface area contributed by atoms with Crippen LogP contribution in [0.2, 0.25) is 5.02 Å². The van der Waals surface area contributed by atoms with Crippen molar-refractivity contribution >= 4 is 34.6 Å². The zero-order valence-corrected chi connectivity index (χ0v) is 17.1. The van der Waals surface area contributed by atoms with Gasteiger partial charge in [-0.15, -0.1) is 0 Å². The Morgan fingerprint density at radius 3 is 2.24 bits per heavy atom. The van der Waals surface area contributed by atoms with Gasteiger partial charge in [0.25, 0.3) is 0 Å². The highest BCUT2D eigenvalue weighted by molar-refractivity contribution is 7.80. The van der Waals surface area contributed by atoms with Crippen LogP contribution in [-0.4, -0.2) is 14.9 Å². The summed E-state index contributed by atoms with van der Waals surface area (Å²) < 4.78 is 1.90. The van der Waals surface area contributed by atoms with Crippen molar-refractivity contribution in [2.45, 2.75) is 6.54 Å². The zero-order valence-electron chi connectivity index (χ0n) is 15.5. The zero-order chi connectivity index (χ0) is 20.1. The maximum Gasteiger partial charge on any atom is 0.171 e. The molecule has 0 amide bonds. The lowest BCUT2D eigenvalue weighted by Crippen LogP contribution is -2.27. The number of anilines is 1. The fourth-order valence-corrected chi connectivity index (χ4v) is 3.29. The minimum Gasteiger partial charge on any atom is -0.358 e. The molecule has 3 aromatic carbocycles. The highest BCUT2D eigenvalue weighted by Crippen LogP contribution is 2.23. The van der Waals surface area contributed by atoms with Gasteiger partial charge in [-0.2, -0.15) is 5.10 Å². The van der Waals surface area contributed by atoms with Gasteiger partial charge in [0.2, 0.25) is 0 Å². The van der Waals surface area contributed by atoms with E-state index in [1.165, 1.54) is 0 Å². The smallest absolute Gasteiger partial charge is 0.171 e. The van der Waals surface area contributed by atoms with Crippen LogP contribution in [0.4, 0.5) is 5.69 Å². The predicted molar refractivity (Wildman–Crippen MR) is 124 cm³/mol. The Balaban J connectivity index is 1.54. The van der Waals surface area contributed by atoms with Crippen LogP contribution in [0.1, 0.15) is 5.56 Å². The molecule has 4 rings (SSSR count). The molecule has 0 bridgehead atoms. The number of thiocarbonyl (C=S) groups is 1. The van der Waals surface area contributed by atoms with E-state index in [-0.39, 0.29) is 0 Å². The Morgan fingerprint density at radius 2 is 1.55 bits per heavy atom. The van der Waals surface area contributed by atoms with Crippen LogP contribution in [0, 0.1) is 0 Å². The highest BCUT2D eigenvalue weighted by Gasteiger charge is 2.12. The molecule has 0 radical (unpaired) electrons. The second kappa shape index (κ2) is 8.90. The van der Waals surface area contributed by atoms with Gasteiger partial charge in [0.1, 0.15) is 0 Å².